The molecular weight excluding hydrogens is 366 g/mol. The van der Waals surface area contributed by atoms with Crippen molar-refractivity contribution in [1.82, 2.24) is 25.1 Å². The van der Waals surface area contributed by atoms with E-state index >= 15 is 0 Å². The van der Waals surface area contributed by atoms with Gasteiger partial charge in [-0.2, -0.15) is 0 Å². The van der Waals surface area contributed by atoms with Crippen LogP contribution in [0.4, 0.5) is 0 Å². The monoisotopic (exact) mass is 393 g/mol. The van der Waals surface area contributed by atoms with Gasteiger partial charge in [-0.25, -0.2) is 4.98 Å². The summed E-state index contributed by atoms with van der Waals surface area (Å²) in [5, 5.41) is 6.40. The van der Waals surface area contributed by atoms with Gasteiger partial charge in [-0.1, -0.05) is 12.1 Å². The van der Waals surface area contributed by atoms with Gasteiger partial charge in [0.1, 0.15) is 11.6 Å². The first-order chi connectivity index (χ1) is 12.7. The minimum absolute atomic E-state index is 0. The maximum Gasteiger partial charge on any atom is 0.234 e. The maximum absolute atomic E-state index is 12.5. The van der Waals surface area contributed by atoms with Gasteiger partial charge in [-0.15, -0.1) is 12.4 Å². The number of aryl methyl sites for hydroxylation is 1. The van der Waals surface area contributed by atoms with Gasteiger partial charge in [0.2, 0.25) is 5.91 Å². The molecule has 2 aromatic rings. The zero-order chi connectivity index (χ0) is 18.4. The molecule has 8 heteroatoms. The van der Waals surface area contributed by atoms with Gasteiger partial charge in [0, 0.05) is 45.6 Å². The van der Waals surface area contributed by atoms with Crippen LogP contribution in [-0.2, 0) is 18.4 Å². The van der Waals surface area contributed by atoms with Gasteiger partial charge in [0.25, 0.3) is 0 Å². The summed E-state index contributed by atoms with van der Waals surface area (Å²) in [5.74, 6) is 1.83. The van der Waals surface area contributed by atoms with E-state index in [0.717, 1.165) is 36.8 Å². The third-order valence-electron chi connectivity index (χ3n) is 4.56. The molecule has 0 spiro atoms. The molecular formula is C19H28ClN5O2. The lowest BCUT2D eigenvalue weighted by molar-refractivity contribution is -0.123. The molecule has 1 aromatic heterocycles. The Morgan fingerprint density at radius 2 is 2.30 bits per heavy atom. The van der Waals surface area contributed by atoms with Crippen molar-refractivity contribution < 1.29 is 9.53 Å². The Kier molecular flexibility index (Phi) is 8.09. The summed E-state index contributed by atoms with van der Waals surface area (Å²) in [5.41, 5.74) is 1.03. The molecule has 0 radical (unpaired) electrons. The number of carbonyl (C=O) groups is 1. The van der Waals surface area contributed by atoms with Crippen molar-refractivity contribution in [3.05, 3.63) is 48.0 Å². The Morgan fingerprint density at radius 1 is 1.44 bits per heavy atom. The molecule has 1 saturated heterocycles. The molecule has 2 N–H and O–H groups in total. The Bertz CT molecular complexity index is 736. The SMILES string of the molecule is CCOc1cccc(CNC(=O)CN2CCNCC2c2nccn2C)c1.Cl. The molecule has 2 heterocycles. The van der Waals surface area contributed by atoms with Gasteiger partial charge < -0.3 is 19.9 Å². The van der Waals surface area contributed by atoms with E-state index in [9.17, 15) is 4.79 Å². The molecule has 148 valence electrons. The van der Waals surface area contributed by atoms with E-state index in [1.54, 1.807) is 6.20 Å². The van der Waals surface area contributed by atoms with E-state index in [2.05, 4.69) is 20.5 Å². The fourth-order valence-electron chi connectivity index (χ4n) is 3.24. The quantitative estimate of drug-likeness (QED) is 0.746. The minimum atomic E-state index is 0. The van der Waals surface area contributed by atoms with E-state index in [0.29, 0.717) is 19.7 Å². The number of imidazole rings is 1. The van der Waals surface area contributed by atoms with Crippen LogP contribution < -0.4 is 15.4 Å². The van der Waals surface area contributed by atoms with Crippen molar-refractivity contribution in [2.75, 3.05) is 32.8 Å². The fourth-order valence-corrected chi connectivity index (χ4v) is 3.24. The summed E-state index contributed by atoms with van der Waals surface area (Å²) in [6, 6.07) is 7.93. The Balaban J connectivity index is 0.00000261. The number of amides is 1. The molecule has 0 bridgehead atoms. The maximum atomic E-state index is 12.5. The summed E-state index contributed by atoms with van der Waals surface area (Å²) in [6.07, 6.45) is 3.74. The molecule has 1 fully saturated rings. The number of benzene rings is 1. The summed E-state index contributed by atoms with van der Waals surface area (Å²) >= 11 is 0. The molecule has 1 atom stereocenters. The second kappa shape index (κ2) is 10.3. The smallest absolute Gasteiger partial charge is 0.234 e. The third-order valence-corrected chi connectivity index (χ3v) is 4.56. The molecule has 1 unspecified atom stereocenters. The lowest BCUT2D eigenvalue weighted by Crippen LogP contribution is -2.50. The lowest BCUT2D eigenvalue weighted by atomic mass is 10.1. The predicted octanol–water partition coefficient (Wildman–Crippen LogP) is 1.50. The highest BCUT2D eigenvalue weighted by Crippen LogP contribution is 2.20. The Hall–Kier alpha value is -2.09. The van der Waals surface area contributed by atoms with Crippen LogP contribution in [-0.4, -0.2) is 53.1 Å². The number of nitrogens with one attached hydrogen (secondary N) is 2. The van der Waals surface area contributed by atoms with Crippen molar-refractivity contribution in [1.29, 1.82) is 0 Å². The van der Waals surface area contributed by atoms with E-state index in [-0.39, 0.29) is 24.4 Å². The molecule has 1 aliphatic rings. The molecule has 1 amide bonds. The first kappa shape index (κ1) is 21.2. The first-order valence-corrected chi connectivity index (χ1v) is 9.07. The van der Waals surface area contributed by atoms with Crippen LogP contribution >= 0.6 is 12.4 Å². The van der Waals surface area contributed by atoms with Crippen LogP contribution in [0.25, 0.3) is 0 Å². The second-order valence-corrected chi connectivity index (χ2v) is 6.44. The van der Waals surface area contributed by atoms with Crippen molar-refractivity contribution in [2.45, 2.75) is 19.5 Å². The summed E-state index contributed by atoms with van der Waals surface area (Å²) in [7, 11) is 1.99. The van der Waals surface area contributed by atoms with Crippen molar-refractivity contribution in [3.8, 4) is 5.75 Å². The Morgan fingerprint density at radius 3 is 3.04 bits per heavy atom. The number of halogens is 1. The van der Waals surface area contributed by atoms with Crippen LogP contribution in [0, 0.1) is 0 Å². The van der Waals surface area contributed by atoms with Crippen LogP contribution in [0.3, 0.4) is 0 Å². The predicted molar refractivity (Wildman–Crippen MR) is 107 cm³/mol. The average Bonchev–Trinajstić information content (AvgIpc) is 3.07. The third kappa shape index (κ3) is 5.69. The van der Waals surface area contributed by atoms with E-state index < -0.39 is 0 Å². The van der Waals surface area contributed by atoms with Gasteiger partial charge in [-0.3, -0.25) is 9.69 Å². The molecule has 0 saturated carbocycles. The first-order valence-electron chi connectivity index (χ1n) is 9.07. The zero-order valence-electron chi connectivity index (χ0n) is 15.9. The van der Waals surface area contributed by atoms with Crippen molar-refractivity contribution in [3.63, 3.8) is 0 Å². The number of rotatable bonds is 7. The number of hydrogen-bond acceptors (Lipinski definition) is 5. The largest absolute Gasteiger partial charge is 0.494 e. The van der Waals surface area contributed by atoms with Gasteiger partial charge >= 0.3 is 0 Å². The molecule has 7 nitrogen and oxygen atoms in total. The molecule has 3 rings (SSSR count). The number of piperazine rings is 1. The zero-order valence-corrected chi connectivity index (χ0v) is 16.7. The van der Waals surface area contributed by atoms with Crippen LogP contribution in [0.2, 0.25) is 0 Å². The normalized spacial score (nSPS) is 17.2. The second-order valence-electron chi connectivity index (χ2n) is 6.44. The van der Waals surface area contributed by atoms with Crippen LogP contribution in [0.1, 0.15) is 24.4 Å². The van der Waals surface area contributed by atoms with E-state index in [4.69, 9.17) is 4.74 Å². The highest BCUT2D eigenvalue weighted by molar-refractivity contribution is 5.85. The van der Waals surface area contributed by atoms with E-state index in [1.807, 2.05) is 49.0 Å². The number of aromatic nitrogens is 2. The highest BCUT2D eigenvalue weighted by atomic mass is 35.5. The number of carbonyl (C=O) groups excluding carboxylic acids is 1. The fraction of sp³-hybridized carbons (Fsp3) is 0.474. The molecule has 1 aliphatic heterocycles. The van der Waals surface area contributed by atoms with Crippen LogP contribution in [0.5, 0.6) is 5.75 Å². The molecule has 27 heavy (non-hydrogen) atoms. The van der Waals surface area contributed by atoms with Gasteiger partial charge in [0.05, 0.1) is 19.2 Å². The van der Waals surface area contributed by atoms with Gasteiger partial charge in [-0.05, 0) is 24.6 Å². The summed E-state index contributed by atoms with van der Waals surface area (Å²) < 4.78 is 7.52. The van der Waals surface area contributed by atoms with Crippen LogP contribution in [0.15, 0.2) is 36.7 Å². The highest BCUT2D eigenvalue weighted by Gasteiger charge is 2.28. The molecule has 1 aromatic carbocycles. The summed E-state index contributed by atoms with van der Waals surface area (Å²) in [6.45, 7) is 5.96. The average molecular weight is 394 g/mol. The van der Waals surface area contributed by atoms with Crippen molar-refractivity contribution in [2.24, 2.45) is 7.05 Å². The standard InChI is InChI=1S/C19H27N5O2.ClH/c1-3-26-16-6-4-5-15(11-16)12-22-18(25)14-24-10-7-20-13-17(24)19-21-8-9-23(19)2;/h4-6,8-9,11,17,20H,3,7,10,12-14H2,1-2H3,(H,22,25);1H. The van der Waals surface area contributed by atoms with Gasteiger partial charge in [0.15, 0.2) is 0 Å². The lowest BCUT2D eigenvalue weighted by Gasteiger charge is -2.35. The van der Waals surface area contributed by atoms with Crippen molar-refractivity contribution >= 4 is 18.3 Å². The topological polar surface area (TPSA) is 71.4 Å². The number of nitrogens with zero attached hydrogens (tertiary/aromatic N) is 3. The Labute approximate surface area is 166 Å². The number of ether oxygens (including phenoxy) is 1. The molecule has 0 aliphatic carbocycles. The summed E-state index contributed by atoms with van der Waals surface area (Å²) in [4.78, 5) is 19.1. The number of hydrogen-bond donors (Lipinski definition) is 2. The van der Waals surface area contributed by atoms with E-state index in [1.165, 1.54) is 0 Å². The minimum Gasteiger partial charge on any atom is -0.494 e.